The first-order valence-electron chi connectivity index (χ1n) is 12.9. The summed E-state index contributed by atoms with van der Waals surface area (Å²) in [6, 6.07) is 25.6. The van der Waals surface area contributed by atoms with Gasteiger partial charge < -0.3 is 15.4 Å². The Kier molecular flexibility index (Phi) is 7.73. The summed E-state index contributed by atoms with van der Waals surface area (Å²) in [4.78, 5) is 43.4. The van der Waals surface area contributed by atoms with Gasteiger partial charge in [-0.1, -0.05) is 79.9 Å². The zero-order valence-corrected chi connectivity index (χ0v) is 21.0. The van der Waals surface area contributed by atoms with Gasteiger partial charge in [0.1, 0.15) is 0 Å². The second-order valence-electron chi connectivity index (χ2n) is 9.42. The largest absolute Gasteiger partial charge is 0.452 e. The predicted molar refractivity (Wildman–Crippen MR) is 147 cm³/mol. The van der Waals surface area contributed by atoms with Crippen molar-refractivity contribution in [2.45, 2.75) is 38.1 Å². The van der Waals surface area contributed by atoms with E-state index in [-0.39, 0.29) is 30.0 Å². The molecule has 7 nitrogen and oxygen atoms in total. The number of esters is 1. The zero-order chi connectivity index (χ0) is 26.3. The number of hydrogen-bond donors (Lipinski definition) is 2. The summed E-state index contributed by atoms with van der Waals surface area (Å²) in [6.07, 6.45) is 5.27. The second kappa shape index (κ2) is 11.7. The van der Waals surface area contributed by atoms with Crippen molar-refractivity contribution in [3.63, 3.8) is 0 Å². The van der Waals surface area contributed by atoms with Crippen molar-refractivity contribution in [2.24, 2.45) is 0 Å². The molecule has 7 heteroatoms. The Morgan fingerprint density at radius 3 is 2.34 bits per heavy atom. The van der Waals surface area contributed by atoms with Crippen LogP contribution in [-0.2, 0) is 9.53 Å². The first kappa shape index (κ1) is 25.1. The number of para-hydroxylation sites is 2. The third-order valence-electron chi connectivity index (χ3n) is 6.73. The lowest BCUT2D eigenvalue weighted by Gasteiger charge is -2.22. The van der Waals surface area contributed by atoms with Gasteiger partial charge in [-0.3, -0.25) is 9.59 Å². The number of amides is 2. The van der Waals surface area contributed by atoms with Crippen molar-refractivity contribution < 1.29 is 19.1 Å². The lowest BCUT2D eigenvalue weighted by molar-refractivity contribution is -0.125. The highest BCUT2D eigenvalue weighted by Crippen LogP contribution is 2.26. The fourth-order valence-corrected chi connectivity index (χ4v) is 4.80. The maximum Gasteiger partial charge on any atom is 0.340 e. The van der Waals surface area contributed by atoms with Gasteiger partial charge in [0, 0.05) is 17.0 Å². The minimum Gasteiger partial charge on any atom is -0.452 e. The molecule has 1 fully saturated rings. The summed E-state index contributed by atoms with van der Waals surface area (Å²) in [5, 5.41) is 6.50. The van der Waals surface area contributed by atoms with Crippen LogP contribution in [0.1, 0.15) is 52.8 Å². The molecule has 2 amide bonds. The van der Waals surface area contributed by atoms with Crippen LogP contribution in [0.4, 0.5) is 5.69 Å². The van der Waals surface area contributed by atoms with Gasteiger partial charge in [-0.05, 0) is 37.1 Å². The summed E-state index contributed by atoms with van der Waals surface area (Å²) < 4.78 is 5.29. The summed E-state index contributed by atoms with van der Waals surface area (Å²) in [6.45, 7) is -0.368. The molecule has 2 N–H and O–H groups in total. The number of ether oxygens (including phenoxy) is 1. The molecule has 192 valence electrons. The van der Waals surface area contributed by atoms with Gasteiger partial charge in [-0.25, -0.2) is 9.78 Å². The van der Waals surface area contributed by atoms with Crippen molar-refractivity contribution in [2.75, 3.05) is 11.9 Å². The molecule has 0 aliphatic heterocycles. The average molecular weight is 508 g/mol. The maximum atomic E-state index is 13.5. The number of benzene rings is 3. The van der Waals surface area contributed by atoms with Gasteiger partial charge in [0.15, 0.2) is 6.61 Å². The fraction of sp³-hybridized carbons (Fsp3) is 0.226. The molecule has 0 saturated heterocycles. The van der Waals surface area contributed by atoms with Crippen LogP contribution in [0.25, 0.3) is 22.2 Å². The van der Waals surface area contributed by atoms with Gasteiger partial charge in [0.05, 0.1) is 28.0 Å². The number of anilines is 1. The van der Waals surface area contributed by atoms with Crippen molar-refractivity contribution in [1.29, 1.82) is 0 Å². The van der Waals surface area contributed by atoms with E-state index in [1.807, 2.05) is 54.6 Å². The SMILES string of the molecule is O=C(COC(=O)c1ccccc1NC(=O)c1cc(-c2ccccc2)nc2ccccc12)NC1CCCCC1. The molecular weight excluding hydrogens is 478 g/mol. The molecule has 38 heavy (non-hydrogen) atoms. The lowest BCUT2D eigenvalue weighted by atomic mass is 9.95. The lowest BCUT2D eigenvalue weighted by Crippen LogP contribution is -2.38. The van der Waals surface area contributed by atoms with E-state index in [1.54, 1.807) is 30.3 Å². The highest BCUT2D eigenvalue weighted by molar-refractivity contribution is 6.14. The van der Waals surface area contributed by atoms with Crippen LogP contribution in [0.2, 0.25) is 0 Å². The van der Waals surface area contributed by atoms with Crippen LogP contribution in [0, 0.1) is 0 Å². The number of aromatic nitrogens is 1. The van der Waals surface area contributed by atoms with Gasteiger partial charge in [0.25, 0.3) is 11.8 Å². The highest BCUT2D eigenvalue weighted by atomic mass is 16.5. The van der Waals surface area contributed by atoms with E-state index in [9.17, 15) is 14.4 Å². The Balaban J connectivity index is 1.34. The van der Waals surface area contributed by atoms with Gasteiger partial charge in [-0.2, -0.15) is 0 Å². The first-order chi connectivity index (χ1) is 18.6. The van der Waals surface area contributed by atoms with Gasteiger partial charge in [-0.15, -0.1) is 0 Å². The Hall–Kier alpha value is -4.52. The fourth-order valence-electron chi connectivity index (χ4n) is 4.80. The van der Waals surface area contributed by atoms with Gasteiger partial charge in [0.2, 0.25) is 0 Å². The number of nitrogens with one attached hydrogen (secondary N) is 2. The van der Waals surface area contributed by atoms with E-state index < -0.39 is 5.97 Å². The molecule has 4 aromatic rings. The number of rotatable bonds is 7. The van der Waals surface area contributed by atoms with Crippen LogP contribution < -0.4 is 10.6 Å². The maximum absolute atomic E-state index is 13.5. The van der Waals surface area contributed by atoms with Crippen LogP contribution in [0.3, 0.4) is 0 Å². The van der Waals surface area contributed by atoms with Crippen LogP contribution >= 0.6 is 0 Å². The summed E-state index contributed by atoms with van der Waals surface area (Å²) >= 11 is 0. The Labute approximate surface area is 221 Å². The topological polar surface area (TPSA) is 97.4 Å². The third-order valence-corrected chi connectivity index (χ3v) is 6.73. The molecule has 1 saturated carbocycles. The third kappa shape index (κ3) is 5.89. The summed E-state index contributed by atoms with van der Waals surface area (Å²) in [5.74, 6) is -1.37. The molecule has 5 rings (SSSR count). The second-order valence-corrected chi connectivity index (χ2v) is 9.42. The molecular formula is C31H29N3O4. The molecule has 1 aromatic heterocycles. The molecule has 0 bridgehead atoms. The minimum atomic E-state index is -0.677. The quantitative estimate of drug-likeness (QED) is 0.310. The van der Waals surface area contributed by atoms with Crippen LogP contribution in [0.5, 0.6) is 0 Å². The molecule has 0 atom stereocenters. The molecule has 3 aromatic carbocycles. The van der Waals surface area contributed by atoms with E-state index in [2.05, 4.69) is 10.6 Å². The Morgan fingerprint density at radius 2 is 1.53 bits per heavy atom. The van der Waals surface area contributed by atoms with E-state index >= 15 is 0 Å². The average Bonchev–Trinajstić information content (AvgIpc) is 2.96. The molecule has 1 heterocycles. The van der Waals surface area contributed by atoms with Crippen molar-refractivity contribution in [1.82, 2.24) is 10.3 Å². The van der Waals surface area contributed by atoms with Crippen LogP contribution in [0.15, 0.2) is 84.9 Å². The van der Waals surface area contributed by atoms with Crippen molar-refractivity contribution in [3.05, 3.63) is 96.1 Å². The highest BCUT2D eigenvalue weighted by Gasteiger charge is 2.20. The molecule has 1 aliphatic carbocycles. The molecule has 0 spiro atoms. The number of carbonyl (C=O) groups excluding carboxylic acids is 3. The number of pyridine rings is 1. The first-order valence-corrected chi connectivity index (χ1v) is 12.9. The monoisotopic (exact) mass is 507 g/mol. The summed E-state index contributed by atoms with van der Waals surface area (Å²) in [5.41, 5.74) is 3.17. The van der Waals surface area contributed by atoms with E-state index in [1.165, 1.54) is 6.42 Å². The van der Waals surface area contributed by atoms with E-state index in [0.29, 0.717) is 27.8 Å². The molecule has 0 unspecified atom stereocenters. The molecule has 1 aliphatic rings. The number of hydrogen-bond acceptors (Lipinski definition) is 5. The number of nitrogens with zero attached hydrogens (tertiary/aromatic N) is 1. The normalized spacial score (nSPS) is 13.6. The van der Waals surface area contributed by atoms with Crippen LogP contribution in [-0.4, -0.2) is 35.4 Å². The Morgan fingerprint density at radius 1 is 0.816 bits per heavy atom. The number of carbonyl (C=O) groups is 3. The Bertz CT molecular complexity index is 1460. The van der Waals surface area contributed by atoms with E-state index in [0.717, 1.165) is 31.2 Å². The zero-order valence-electron chi connectivity index (χ0n) is 21.0. The summed E-state index contributed by atoms with van der Waals surface area (Å²) in [7, 11) is 0. The smallest absolute Gasteiger partial charge is 0.340 e. The van der Waals surface area contributed by atoms with Crippen molar-refractivity contribution in [3.8, 4) is 11.3 Å². The predicted octanol–water partition coefficient (Wildman–Crippen LogP) is 5.76. The van der Waals surface area contributed by atoms with Gasteiger partial charge >= 0.3 is 5.97 Å². The van der Waals surface area contributed by atoms with E-state index in [4.69, 9.17) is 9.72 Å². The minimum absolute atomic E-state index is 0.137. The standard InChI is InChI=1S/C31H29N3O4/c35-29(32-22-13-5-2-6-14-22)20-38-31(37)24-16-8-10-18-27(24)34-30(36)25-19-28(21-11-3-1-4-12-21)33-26-17-9-7-15-23(25)26/h1,3-4,7-12,15-19,22H,2,5-6,13-14,20H2,(H,32,35)(H,34,36). The number of fused-ring (bicyclic) bond motifs is 1. The molecule has 0 radical (unpaired) electrons. The van der Waals surface area contributed by atoms with Crippen molar-refractivity contribution >= 4 is 34.4 Å².